The van der Waals surface area contributed by atoms with Crippen molar-refractivity contribution in [2.24, 2.45) is 0 Å². The zero-order chi connectivity index (χ0) is 13.5. The summed E-state index contributed by atoms with van der Waals surface area (Å²) in [5, 5.41) is 3.28. The van der Waals surface area contributed by atoms with Gasteiger partial charge in [-0.3, -0.25) is 0 Å². The van der Waals surface area contributed by atoms with E-state index in [1.807, 2.05) is 61.5 Å². The third-order valence-electron chi connectivity index (χ3n) is 2.59. The summed E-state index contributed by atoms with van der Waals surface area (Å²) < 4.78 is 5.72. The average molecular weight is 274 g/mol. The van der Waals surface area contributed by atoms with Crippen LogP contribution in [-0.4, -0.2) is 6.54 Å². The Morgan fingerprint density at radius 1 is 1.05 bits per heavy atom. The van der Waals surface area contributed by atoms with Crippen LogP contribution in [0.25, 0.3) is 0 Å². The summed E-state index contributed by atoms with van der Waals surface area (Å²) in [6.45, 7) is 2.72. The van der Waals surface area contributed by atoms with Crippen molar-refractivity contribution in [1.82, 2.24) is 0 Å². The quantitative estimate of drug-likeness (QED) is 0.825. The first-order chi connectivity index (χ1) is 9.28. The molecule has 0 aromatic heterocycles. The predicted octanol–water partition coefficient (Wildman–Crippen LogP) is 5.03. The standard InChI is InChI=1S/C16H16ClNO/c1-13(11-17)12-18-14-7-9-16(10-8-14)19-15-5-3-2-4-6-15/h2-11,18H,12H2,1H3/b13-11-. The summed E-state index contributed by atoms with van der Waals surface area (Å²) in [5.74, 6) is 1.66. The normalized spacial score (nSPS) is 11.2. The Morgan fingerprint density at radius 3 is 2.32 bits per heavy atom. The lowest BCUT2D eigenvalue weighted by Crippen LogP contribution is -2.01. The van der Waals surface area contributed by atoms with Crippen molar-refractivity contribution in [2.45, 2.75) is 6.92 Å². The average Bonchev–Trinajstić information content (AvgIpc) is 2.47. The largest absolute Gasteiger partial charge is 0.457 e. The number of anilines is 1. The Balaban J connectivity index is 1.95. The van der Waals surface area contributed by atoms with Crippen LogP contribution in [0.15, 0.2) is 65.7 Å². The maximum atomic E-state index is 5.72. The Morgan fingerprint density at radius 2 is 1.68 bits per heavy atom. The van der Waals surface area contributed by atoms with E-state index in [1.54, 1.807) is 5.54 Å². The van der Waals surface area contributed by atoms with E-state index in [-0.39, 0.29) is 0 Å². The van der Waals surface area contributed by atoms with Crippen molar-refractivity contribution in [3.8, 4) is 11.5 Å². The summed E-state index contributed by atoms with van der Waals surface area (Å²) >= 11 is 5.61. The molecular weight excluding hydrogens is 258 g/mol. The highest BCUT2D eigenvalue weighted by Crippen LogP contribution is 2.22. The molecule has 0 aliphatic carbocycles. The van der Waals surface area contributed by atoms with Crippen molar-refractivity contribution in [2.75, 3.05) is 11.9 Å². The van der Waals surface area contributed by atoms with Gasteiger partial charge in [-0.05, 0) is 48.9 Å². The molecule has 19 heavy (non-hydrogen) atoms. The molecule has 2 rings (SSSR count). The lowest BCUT2D eigenvalue weighted by atomic mass is 10.2. The van der Waals surface area contributed by atoms with Gasteiger partial charge >= 0.3 is 0 Å². The highest BCUT2D eigenvalue weighted by Gasteiger charge is 1.97. The van der Waals surface area contributed by atoms with E-state index in [4.69, 9.17) is 16.3 Å². The van der Waals surface area contributed by atoms with Gasteiger partial charge in [0.25, 0.3) is 0 Å². The number of hydrogen-bond donors (Lipinski definition) is 1. The molecule has 2 nitrogen and oxygen atoms in total. The maximum absolute atomic E-state index is 5.72. The molecule has 98 valence electrons. The van der Waals surface area contributed by atoms with E-state index in [9.17, 15) is 0 Å². The van der Waals surface area contributed by atoms with Gasteiger partial charge in [-0.1, -0.05) is 29.8 Å². The van der Waals surface area contributed by atoms with Crippen LogP contribution >= 0.6 is 11.6 Å². The Labute approximate surface area is 118 Å². The SMILES string of the molecule is C/C(=C/Cl)CNc1ccc(Oc2ccccc2)cc1. The zero-order valence-electron chi connectivity index (χ0n) is 10.8. The molecule has 0 fully saturated rings. The molecule has 0 saturated heterocycles. The van der Waals surface area contributed by atoms with Gasteiger partial charge in [0.05, 0.1) is 0 Å². The summed E-state index contributed by atoms with van der Waals surface area (Å²) in [6, 6.07) is 17.6. The number of nitrogens with one attached hydrogen (secondary N) is 1. The van der Waals surface area contributed by atoms with Gasteiger partial charge in [0, 0.05) is 17.8 Å². The first-order valence-electron chi connectivity index (χ1n) is 6.10. The Kier molecular flexibility index (Phi) is 4.87. The molecule has 0 spiro atoms. The van der Waals surface area contributed by atoms with Crippen LogP contribution in [0, 0.1) is 0 Å². The molecule has 0 bridgehead atoms. The van der Waals surface area contributed by atoms with E-state index in [2.05, 4.69) is 5.32 Å². The molecule has 1 N–H and O–H groups in total. The fourth-order valence-electron chi connectivity index (χ4n) is 1.55. The molecule has 2 aromatic carbocycles. The minimum absolute atomic E-state index is 0.738. The molecule has 2 aromatic rings. The topological polar surface area (TPSA) is 21.3 Å². The molecule has 0 heterocycles. The van der Waals surface area contributed by atoms with Gasteiger partial charge in [-0.25, -0.2) is 0 Å². The second-order valence-electron chi connectivity index (χ2n) is 4.25. The second-order valence-corrected chi connectivity index (χ2v) is 4.47. The fraction of sp³-hybridized carbons (Fsp3) is 0.125. The third-order valence-corrected chi connectivity index (χ3v) is 2.96. The number of para-hydroxylation sites is 1. The summed E-state index contributed by atoms with van der Waals surface area (Å²) in [4.78, 5) is 0. The van der Waals surface area contributed by atoms with Crippen molar-refractivity contribution >= 4 is 17.3 Å². The summed E-state index contributed by atoms with van der Waals surface area (Å²) in [7, 11) is 0. The molecule has 3 heteroatoms. The maximum Gasteiger partial charge on any atom is 0.127 e. The highest BCUT2D eigenvalue weighted by atomic mass is 35.5. The third kappa shape index (κ3) is 4.34. The Hall–Kier alpha value is -1.93. The summed E-state index contributed by atoms with van der Waals surface area (Å²) in [6.07, 6.45) is 0. The van der Waals surface area contributed by atoms with Gasteiger partial charge in [0.1, 0.15) is 11.5 Å². The number of ether oxygens (including phenoxy) is 1. The molecule has 0 aliphatic rings. The van der Waals surface area contributed by atoms with Gasteiger partial charge < -0.3 is 10.1 Å². The van der Waals surface area contributed by atoms with Gasteiger partial charge in [-0.15, -0.1) is 0 Å². The van der Waals surface area contributed by atoms with Crippen molar-refractivity contribution in [1.29, 1.82) is 0 Å². The minimum Gasteiger partial charge on any atom is -0.457 e. The van der Waals surface area contributed by atoms with E-state index >= 15 is 0 Å². The van der Waals surface area contributed by atoms with E-state index in [0.29, 0.717) is 0 Å². The lowest BCUT2D eigenvalue weighted by molar-refractivity contribution is 0.483. The van der Waals surface area contributed by atoms with Gasteiger partial charge in [0.15, 0.2) is 0 Å². The van der Waals surface area contributed by atoms with Crippen molar-refractivity contribution in [3.63, 3.8) is 0 Å². The smallest absolute Gasteiger partial charge is 0.127 e. The molecule has 0 saturated carbocycles. The molecular formula is C16H16ClNO. The number of rotatable bonds is 5. The monoisotopic (exact) mass is 273 g/mol. The molecule has 0 radical (unpaired) electrons. The van der Waals surface area contributed by atoms with Crippen LogP contribution in [0.2, 0.25) is 0 Å². The van der Waals surface area contributed by atoms with Gasteiger partial charge in [-0.2, -0.15) is 0 Å². The van der Waals surface area contributed by atoms with Crippen molar-refractivity contribution in [3.05, 3.63) is 65.7 Å². The summed E-state index contributed by atoms with van der Waals surface area (Å²) in [5.41, 5.74) is 3.71. The van der Waals surface area contributed by atoms with Crippen LogP contribution in [0.1, 0.15) is 6.92 Å². The Bertz CT molecular complexity index is 534. The van der Waals surface area contributed by atoms with Crippen molar-refractivity contribution < 1.29 is 4.74 Å². The van der Waals surface area contributed by atoms with Crippen LogP contribution in [-0.2, 0) is 0 Å². The fourth-order valence-corrected chi connectivity index (χ4v) is 1.62. The number of halogens is 1. The van der Waals surface area contributed by atoms with E-state index < -0.39 is 0 Å². The zero-order valence-corrected chi connectivity index (χ0v) is 11.5. The highest BCUT2D eigenvalue weighted by molar-refractivity contribution is 6.25. The van der Waals surface area contributed by atoms with Crippen LogP contribution in [0.3, 0.4) is 0 Å². The van der Waals surface area contributed by atoms with Crippen LogP contribution < -0.4 is 10.1 Å². The second kappa shape index (κ2) is 6.86. The van der Waals surface area contributed by atoms with Crippen LogP contribution in [0.5, 0.6) is 11.5 Å². The molecule has 0 aliphatic heterocycles. The van der Waals surface area contributed by atoms with E-state index in [1.165, 1.54) is 0 Å². The number of benzene rings is 2. The minimum atomic E-state index is 0.738. The predicted molar refractivity (Wildman–Crippen MR) is 81.1 cm³/mol. The molecule has 0 atom stereocenters. The van der Waals surface area contributed by atoms with Crippen LogP contribution in [0.4, 0.5) is 5.69 Å². The molecule has 0 amide bonds. The van der Waals surface area contributed by atoms with Gasteiger partial charge in [0.2, 0.25) is 0 Å². The first kappa shape index (κ1) is 13.5. The lowest BCUT2D eigenvalue weighted by Gasteiger charge is -2.08. The van der Waals surface area contributed by atoms with E-state index in [0.717, 1.165) is 29.3 Å². The molecule has 0 unspecified atom stereocenters. The number of hydrogen-bond acceptors (Lipinski definition) is 2. The first-order valence-corrected chi connectivity index (χ1v) is 6.54.